The SMILES string of the molecule is COc1cccc2cc(/C(C)=N\NC(=S)NCC[NH+]3CCOCC3)oc12. The fourth-order valence-electron chi connectivity index (χ4n) is 2.87. The number of fused-ring (bicyclic) bond motifs is 1. The van der Waals surface area contributed by atoms with Crippen molar-refractivity contribution in [2.45, 2.75) is 6.92 Å². The third-order valence-corrected chi connectivity index (χ3v) is 4.61. The zero-order valence-electron chi connectivity index (χ0n) is 15.1. The summed E-state index contributed by atoms with van der Waals surface area (Å²) in [6.45, 7) is 7.46. The van der Waals surface area contributed by atoms with Gasteiger partial charge in [-0.15, -0.1) is 0 Å². The summed E-state index contributed by atoms with van der Waals surface area (Å²) in [4.78, 5) is 1.53. The lowest BCUT2D eigenvalue weighted by Gasteiger charge is -2.23. The summed E-state index contributed by atoms with van der Waals surface area (Å²) in [6, 6.07) is 7.72. The number of hydrogen-bond acceptors (Lipinski definition) is 5. The van der Waals surface area contributed by atoms with Crippen molar-refractivity contribution in [2.75, 3.05) is 46.5 Å². The Bertz CT molecular complexity index is 784. The van der Waals surface area contributed by atoms with E-state index in [0.717, 1.165) is 44.8 Å². The first kappa shape index (κ1) is 18.6. The van der Waals surface area contributed by atoms with E-state index in [1.807, 2.05) is 31.2 Å². The van der Waals surface area contributed by atoms with Gasteiger partial charge in [-0.25, -0.2) is 0 Å². The van der Waals surface area contributed by atoms with E-state index < -0.39 is 0 Å². The van der Waals surface area contributed by atoms with Crippen LogP contribution in [0.25, 0.3) is 11.0 Å². The number of rotatable bonds is 6. The molecule has 2 heterocycles. The van der Waals surface area contributed by atoms with Crippen molar-refractivity contribution in [3.05, 3.63) is 30.0 Å². The summed E-state index contributed by atoms with van der Waals surface area (Å²) < 4.78 is 16.5. The number of ether oxygens (including phenoxy) is 2. The average Bonchev–Trinajstić information content (AvgIpc) is 3.11. The third-order valence-electron chi connectivity index (χ3n) is 4.37. The molecule has 0 radical (unpaired) electrons. The van der Waals surface area contributed by atoms with Gasteiger partial charge in [0.15, 0.2) is 22.2 Å². The molecule has 1 aromatic carbocycles. The topological polar surface area (TPSA) is 72.5 Å². The van der Waals surface area contributed by atoms with Gasteiger partial charge in [-0.3, -0.25) is 5.43 Å². The highest BCUT2D eigenvalue weighted by Gasteiger charge is 2.13. The monoisotopic (exact) mass is 377 g/mol. The number of furan rings is 1. The van der Waals surface area contributed by atoms with Gasteiger partial charge in [0.1, 0.15) is 18.8 Å². The molecule has 1 aliphatic rings. The Hall–Kier alpha value is -2.16. The summed E-state index contributed by atoms with van der Waals surface area (Å²) in [5.41, 5.74) is 4.31. The number of benzene rings is 1. The molecule has 2 aromatic rings. The maximum Gasteiger partial charge on any atom is 0.187 e. The van der Waals surface area contributed by atoms with Crippen LogP contribution in [0.3, 0.4) is 0 Å². The van der Waals surface area contributed by atoms with E-state index in [1.165, 1.54) is 4.90 Å². The fourth-order valence-corrected chi connectivity index (χ4v) is 3.02. The molecule has 7 nitrogen and oxygen atoms in total. The molecule has 0 saturated carbocycles. The smallest absolute Gasteiger partial charge is 0.187 e. The molecule has 3 rings (SSSR count). The van der Waals surface area contributed by atoms with Crippen LogP contribution in [0.5, 0.6) is 5.75 Å². The number of para-hydroxylation sites is 1. The highest BCUT2D eigenvalue weighted by molar-refractivity contribution is 7.80. The van der Waals surface area contributed by atoms with Gasteiger partial charge in [0.2, 0.25) is 0 Å². The second-order valence-electron chi connectivity index (χ2n) is 6.17. The highest BCUT2D eigenvalue weighted by atomic mass is 32.1. The van der Waals surface area contributed by atoms with E-state index in [0.29, 0.717) is 27.9 Å². The molecule has 1 saturated heterocycles. The highest BCUT2D eigenvalue weighted by Crippen LogP contribution is 2.28. The van der Waals surface area contributed by atoms with Gasteiger partial charge in [0, 0.05) is 5.39 Å². The van der Waals surface area contributed by atoms with Gasteiger partial charge in [0.25, 0.3) is 0 Å². The molecule has 1 aromatic heterocycles. The minimum atomic E-state index is 0.505. The molecule has 0 bridgehead atoms. The molecule has 3 N–H and O–H groups in total. The molecule has 0 amide bonds. The maximum absolute atomic E-state index is 5.87. The number of thiocarbonyl (C=S) groups is 1. The fraction of sp³-hybridized carbons (Fsp3) is 0.444. The number of hydrogen-bond donors (Lipinski definition) is 3. The molecule has 0 unspecified atom stereocenters. The maximum atomic E-state index is 5.87. The summed E-state index contributed by atoms with van der Waals surface area (Å²) in [5.74, 6) is 1.38. The number of nitrogens with one attached hydrogen (secondary N) is 3. The third kappa shape index (κ3) is 4.72. The Morgan fingerprint density at radius 1 is 1.35 bits per heavy atom. The van der Waals surface area contributed by atoms with Crippen molar-refractivity contribution in [1.82, 2.24) is 10.7 Å². The Labute approximate surface area is 158 Å². The molecule has 1 aliphatic heterocycles. The molecule has 140 valence electrons. The quantitative estimate of drug-likeness (QED) is 0.388. The van der Waals surface area contributed by atoms with E-state index in [9.17, 15) is 0 Å². The Morgan fingerprint density at radius 3 is 2.92 bits per heavy atom. The summed E-state index contributed by atoms with van der Waals surface area (Å²) in [5, 5.41) is 8.98. The van der Waals surface area contributed by atoms with E-state index in [1.54, 1.807) is 7.11 Å². The summed E-state index contributed by atoms with van der Waals surface area (Å²) in [6.07, 6.45) is 0. The van der Waals surface area contributed by atoms with E-state index >= 15 is 0 Å². The van der Waals surface area contributed by atoms with E-state index in [-0.39, 0.29) is 0 Å². The van der Waals surface area contributed by atoms with Gasteiger partial charge >= 0.3 is 0 Å². The minimum Gasteiger partial charge on any atom is -0.493 e. The van der Waals surface area contributed by atoms with Crippen molar-refractivity contribution in [1.29, 1.82) is 0 Å². The molecule has 0 spiro atoms. The molecule has 8 heteroatoms. The average molecular weight is 377 g/mol. The lowest BCUT2D eigenvalue weighted by atomic mass is 10.2. The van der Waals surface area contributed by atoms with Gasteiger partial charge in [-0.05, 0) is 31.3 Å². The van der Waals surface area contributed by atoms with Crippen LogP contribution in [0, 0.1) is 0 Å². The lowest BCUT2D eigenvalue weighted by Crippen LogP contribution is -3.14. The number of methoxy groups -OCH3 is 1. The van der Waals surface area contributed by atoms with E-state index in [4.69, 9.17) is 26.1 Å². The van der Waals surface area contributed by atoms with Crippen LogP contribution in [0.2, 0.25) is 0 Å². The van der Waals surface area contributed by atoms with Crippen molar-refractivity contribution in [3.8, 4) is 5.75 Å². The Morgan fingerprint density at radius 2 is 2.15 bits per heavy atom. The summed E-state index contributed by atoms with van der Waals surface area (Å²) in [7, 11) is 1.63. The number of nitrogens with zero attached hydrogens (tertiary/aromatic N) is 1. The van der Waals surface area contributed by atoms with Crippen LogP contribution in [0.15, 0.2) is 33.8 Å². The molecule has 0 aliphatic carbocycles. The van der Waals surface area contributed by atoms with Crippen LogP contribution in [0.1, 0.15) is 12.7 Å². The zero-order valence-corrected chi connectivity index (χ0v) is 15.9. The minimum absolute atomic E-state index is 0.505. The van der Waals surface area contributed by atoms with E-state index in [2.05, 4.69) is 15.8 Å². The second-order valence-corrected chi connectivity index (χ2v) is 6.57. The van der Waals surface area contributed by atoms with Gasteiger partial charge in [0.05, 0.1) is 33.4 Å². The van der Waals surface area contributed by atoms with Crippen molar-refractivity contribution in [2.24, 2.45) is 5.10 Å². The van der Waals surface area contributed by atoms with Crippen molar-refractivity contribution >= 4 is 34.0 Å². The largest absolute Gasteiger partial charge is 0.493 e. The molecule has 26 heavy (non-hydrogen) atoms. The first-order valence-corrected chi connectivity index (χ1v) is 9.14. The van der Waals surface area contributed by atoms with Crippen molar-refractivity contribution in [3.63, 3.8) is 0 Å². The van der Waals surface area contributed by atoms with Crippen LogP contribution in [-0.2, 0) is 4.74 Å². The Balaban J connectivity index is 1.52. The molecular weight excluding hydrogens is 352 g/mol. The zero-order chi connectivity index (χ0) is 18.4. The second kappa shape index (κ2) is 8.98. The van der Waals surface area contributed by atoms with Crippen LogP contribution in [-0.4, -0.2) is 57.3 Å². The predicted octanol–water partition coefficient (Wildman–Crippen LogP) is 0.545. The normalized spacial score (nSPS) is 15.8. The summed E-state index contributed by atoms with van der Waals surface area (Å²) >= 11 is 5.28. The van der Waals surface area contributed by atoms with Crippen molar-refractivity contribution < 1.29 is 18.8 Å². The Kier molecular flexibility index (Phi) is 6.43. The van der Waals surface area contributed by atoms with Gasteiger partial charge in [-0.1, -0.05) is 12.1 Å². The standard InChI is InChI=1S/C18H24N4O3S/c1-13(16-12-14-4-3-5-15(23-2)17(14)25-16)20-21-18(26)19-6-7-22-8-10-24-11-9-22/h3-5,12H,6-11H2,1-2H3,(H2,19,21,26)/p+1/b20-13-. The predicted molar refractivity (Wildman–Crippen MR) is 105 cm³/mol. The molecular formula is C18H25N4O3S+. The van der Waals surface area contributed by atoms with Crippen LogP contribution >= 0.6 is 12.2 Å². The van der Waals surface area contributed by atoms with Gasteiger partial charge in [-0.2, -0.15) is 5.10 Å². The lowest BCUT2D eigenvalue weighted by molar-refractivity contribution is -0.906. The van der Waals surface area contributed by atoms with Crippen LogP contribution < -0.4 is 20.4 Å². The molecule has 1 fully saturated rings. The van der Waals surface area contributed by atoms with Gasteiger partial charge < -0.3 is 24.1 Å². The number of hydrazone groups is 1. The van der Waals surface area contributed by atoms with Crippen LogP contribution in [0.4, 0.5) is 0 Å². The first-order valence-electron chi connectivity index (χ1n) is 8.73. The first-order chi connectivity index (χ1) is 12.7. The molecule has 0 atom stereocenters. The number of morpholine rings is 1. The number of quaternary nitrogens is 1.